The van der Waals surface area contributed by atoms with E-state index in [0.29, 0.717) is 0 Å². The molecule has 0 bridgehead atoms. The molecule has 3 atom stereocenters. The predicted octanol–water partition coefficient (Wildman–Crippen LogP) is -2.14. The van der Waals surface area contributed by atoms with E-state index in [1.807, 2.05) is 0 Å². The second-order valence-corrected chi connectivity index (χ2v) is 3.53. The lowest BCUT2D eigenvalue weighted by Gasteiger charge is -2.22. The molecular formula is C8H15NO5. The van der Waals surface area contributed by atoms with Crippen LogP contribution < -0.4 is 0 Å². The highest BCUT2D eigenvalue weighted by molar-refractivity contribution is 5.74. The fourth-order valence-electron chi connectivity index (χ4n) is 1.67. The minimum atomic E-state index is -1.01. The van der Waals surface area contributed by atoms with E-state index in [1.165, 1.54) is 4.90 Å². The average Bonchev–Trinajstić information content (AvgIpc) is 2.46. The fraction of sp³-hybridized carbons (Fsp3) is 0.875. The molecule has 1 fully saturated rings. The van der Waals surface area contributed by atoms with Gasteiger partial charge in [-0.05, 0) is 0 Å². The molecule has 4 N–H and O–H groups in total. The van der Waals surface area contributed by atoms with E-state index in [0.717, 1.165) is 0 Å². The molecule has 1 rings (SSSR count). The molecule has 6 nitrogen and oxygen atoms in total. The van der Waals surface area contributed by atoms with E-state index in [-0.39, 0.29) is 19.5 Å². The third kappa shape index (κ3) is 2.65. The van der Waals surface area contributed by atoms with Gasteiger partial charge < -0.3 is 20.4 Å². The van der Waals surface area contributed by atoms with Crippen LogP contribution in [-0.2, 0) is 4.79 Å². The van der Waals surface area contributed by atoms with E-state index in [2.05, 4.69) is 0 Å². The Bertz CT molecular complexity index is 210. The third-order valence-corrected chi connectivity index (χ3v) is 2.32. The third-order valence-electron chi connectivity index (χ3n) is 2.32. The van der Waals surface area contributed by atoms with Gasteiger partial charge in [0.15, 0.2) is 0 Å². The predicted molar refractivity (Wildman–Crippen MR) is 46.7 cm³/mol. The summed E-state index contributed by atoms with van der Waals surface area (Å²) in [5.74, 6) is -1.01. The number of aliphatic hydroxyl groups is 3. The summed E-state index contributed by atoms with van der Waals surface area (Å²) in [7, 11) is 0. The first-order chi connectivity index (χ1) is 6.54. The molecule has 1 saturated heterocycles. The monoisotopic (exact) mass is 205 g/mol. The zero-order valence-corrected chi connectivity index (χ0v) is 7.70. The topological polar surface area (TPSA) is 101 Å². The number of hydrogen-bond donors (Lipinski definition) is 4. The standard InChI is InChI=1S/C8H15NO5/c10-4-6(12)3-9-2-5(11)1-7(9)8(13)14/h5-7,10-12H,1-4H2,(H,13,14)/t5-,6?,7+/m1/s1. The lowest BCUT2D eigenvalue weighted by atomic mass is 10.2. The van der Waals surface area contributed by atoms with Gasteiger partial charge >= 0.3 is 5.97 Å². The summed E-state index contributed by atoms with van der Waals surface area (Å²) >= 11 is 0. The Hall–Kier alpha value is -0.690. The van der Waals surface area contributed by atoms with Crippen molar-refractivity contribution in [2.24, 2.45) is 0 Å². The largest absolute Gasteiger partial charge is 0.480 e. The maximum Gasteiger partial charge on any atom is 0.321 e. The number of β-amino-alcohol motifs (C(OH)–C–C–N with tert-alkyl or cyclic N) is 2. The normalized spacial score (nSPS) is 30.5. The summed E-state index contributed by atoms with van der Waals surface area (Å²) < 4.78 is 0. The zero-order valence-electron chi connectivity index (χ0n) is 7.70. The van der Waals surface area contributed by atoms with E-state index >= 15 is 0 Å². The minimum Gasteiger partial charge on any atom is -0.480 e. The second kappa shape index (κ2) is 4.70. The summed E-state index contributed by atoms with van der Waals surface area (Å²) in [6, 6.07) is -0.758. The minimum absolute atomic E-state index is 0.0739. The van der Waals surface area contributed by atoms with Crippen LogP contribution in [0.5, 0.6) is 0 Å². The van der Waals surface area contributed by atoms with Gasteiger partial charge in [-0.15, -0.1) is 0 Å². The van der Waals surface area contributed by atoms with Crippen LogP contribution >= 0.6 is 0 Å². The number of likely N-dealkylation sites (tertiary alicyclic amines) is 1. The van der Waals surface area contributed by atoms with Crippen LogP contribution in [0.4, 0.5) is 0 Å². The maximum atomic E-state index is 10.7. The summed E-state index contributed by atoms with van der Waals surface area (Å²) in [6.07, 6.45) is -1.45. The molecule has 1 aliphatic heterocycles. The molecule has 1 unspecified atom stereocenters. The molecule has 0 amide bonds. The van der Waals surface area contributed by atoms with Gasteiger partial charge in [-0.3, -0.25) is 9.69 Å². The van der Waals surface area contributed by atoms with Crippen molar-refractivity contribution in [3.05, 3.63) is 0 Å². The number of hydrogen-bond acceptors (Lipinski definition) is 5. The molecule has 1 heterocycles. The van der Waals surface area contributed by atoms with Gasteiger partial charge in [-0.1, -0.05) is 0 Å². The lowest BCUT2D eigenvalue weighted by Crippen LogP contribution is -2.41. The molecule has 82 valence electrons. The lowest BCUT2D eigenvalue weighted by molar-refractivity contribution is -0.142. The molecule has 0 aliphatic carbocycles. The van der Waals surface area contributed by atoms with Crippen LogP contribution in [0.3, 0.4) is 0 Å². The SMILES string of the molecule is O=C(O)[C@@H]1C[C@@H](O)CN1CC(O)CO. The number of carboxylic acid groups (broad SMARTS) is 1. The molecular weight excluding hydrogens is 190 g/mol. The molecule has 14 heavy (non-hydrogen) atoms. The number of carbonyl (C=O) groups is 1. The number of aliphatic hydroxyl groups excluding tert-OH is 3. The highest BCUT2D eigenvalue weighted by atomic mass is 16.4. The van der Waals surface area contributed by atoms with Crippen molar-refractivity contribution in [2.45, 2.75) is 24.7 Å². The number of nitrogens with zero attached hydrogens (tertiary/aromatic N) is 1. The van der Waals surface area contributed by atoms with Gasteiger partial charge in [-0.25, -0.2) is 0 Å². The van der Waals surface area contributed by atoms with Crippen molar-refractivity contribution >= 4 is 5.97 Å². The van der Waals surface area contributed by atoms with Crippen molar-refractivity contribution in [1.82, 2.24) is 4.90 Å². The number of aliphatic carboxylic acids is 1. The van der Waals surface area contributed by atoms with Crippen LogP contribution in [0, 0.1) is 0 Å². The quantitative estimate of drug-likeness (QED) is 0.418. The van der Waals surface area contributed by atoms with Crippen molar-refractivity contribution in [1.29, 1.82) is 0 Å². The Morgan fingerprint density at radius 1 is 1.57 bits per heavy atom. The molecule has 0 radical (unpaired) electrons. The zero-order chi connectivity index (χ0) is 10.7. The number of rotatable bonds is 4. The molecule has 1 aliphatic rings. The van der Waals surface area contributed by atoms with Gasteiger partial charge in [0.05, 0.1) is 18.8 Å². The highest BCUT2D eigenvalue weighted by Gasteiger charge is 2.36. The van der Waals surface area contributed by atoms with Gasteiger partial charge in [0.1, 0.15) is 6.04 Å². The van der Waals surface area contributed by atoms with Gasteiger partial charge in [0.2, 0.25) is 0 Å². The first kappa shape index (κ1) is 11.4. The maximum absolute atomic E-state index is 10.7. The van der Waals surface area contributed by atoms with Gasteiger partial charge in [0.25, 0.3) is 0 Å². The van der Waals surface area contributed by atoms with Crippen LogP contribution in [0.2, 0.25) is 0 Å². The molecule has 0 spiro atoms. The van der Waals surface area contributed by atoms with E-state index in [1.54, 1.807) is 0 Å². The van der Waals surface area contributed by atoms with Gasteiger partial charge in [-0.2, -0.15) is 0 Å². The Morgan fingerprint density at radius 2 is 2.21 bits per heavy atom. The first-order valence-electron chi connectivity index (χ1n) is 4.48. The van der Waals surface area contributed by atoms with Crippen molar-refractivity contribution in [3.63, 3.8) is 0 Å². The fourth-order valence-corrected chi connectivity index (χ4v) is 1.67. The Labute approximate surface area is 81.4 Å². The van der Waals surface area contributed by atoms with Crippen molar-refractivity contribution in [2.75, 3.05) is 19.7 Å². The number of carboxylic acids is 1. The summed E-state index contributed by atoms with van der Waals surface area (Å²) in [4.78, 5) is 12.2. The van der Waals surface area contributed by atoms with Crippen LogP contribution in [0.25, 0.3) is 0 Å². The first-order valence-corrected chi connectivity index (χ1v) is 4.48. The highest BCUT2D eigenvalue weighted by Crippen LogP contribution is 2.18. The van der Waals surface area contributed by atoms with Crippen LogP contribution in [0.1, 0.15) is 6.42 Å². The van der Waals surface area contributed by atoms with E-state index in [9.17, 15) is 9.90 Å². The summed E-state index contributed by atoms with van der Waals surface area (Å²) in [5.41, 5.74) is 0. The molecule has 0 saturated carbocycles. The van der Waals surface area contributed by atoms with E-state index in [4.69, 9.17) is 15.3 Å². The molecule has 6 heteroatoms. The Balaban J connectivity index is 2.53. The van der Waals surface area contributed by atoms with Crippen molar-refractivity contribution < 1.29 is 25.2 Å². The Kier molecular flexibility index (Phi) is 3.82. The summed E-state index contributed by atoms with van der Waals surface area (Å²) in [5, 5.41) is 35.8. The van der Waals surface area contributed by atoms with E-state index < -0.39 is 30.8 Å². The van der Waals surface area contributed by atoms with Gasteiger partial charge in [0, 0.05) is 19.5 Å². The molecule has 0 aromatic rings. The Morgan fingerprint density at radius 3 is 2.71 bits per heavy atom. The summed E-state index contributed by atoms with van der Waals surface area (Å²) in [6.45, 7) is -0.0997. The van der Waals surface area contributed by atoms with Crippen LogP contribution in [-0.4, -0.2) is 69.2 Å². The van der Waals surface area contributed by atoms with Crippen molar-refractivity contribution in [3.8, 4) is 0 Å². The average molecular weight is 205 g/mol. The second-order valence-electron chi connectivity index (χ2n) is 3.53. The molecule has 0 aromatic heterocycles. The smallest absolute Gasteiger partial charge is 0.321 e. The molecule has 0 aromatic carbocycles. The van der Waals surface area contributed by atoms with Crippen LogP contribution in [0.15, 0.2) is 0 Å².